The summed E-state index contributed by atoms with van der Waals surface area (Å²) in [6.07, 6.45) is 11.9. The van der Waals surface area contributed by atoms with E-state index in [4.69, 9.17) is 11.2 Å². The standard InChI is InChI=1S/C16H26N2O2/c1-3-16(8-5-4-6-9-16)17-15(19)14-7-10-18(13-14)11-12-20-2/h1,14H,4-13H2,2H3,(H,17,19)/t14-/m1/s1. The first-order valence-corrected chi connectivity index (χ1v) is 7.70. The van der Waals surface area contributed by atoms with E-state index in [1.807, 2.05) is 0 Å². The molecule has 2 rings (SSSR count). The van der Waals surface area contributed by atoms with Crippen molar-refractivity contribution in [3.63, 3.8) is 0 Å². The summed E-state index contributed by atoms with van der Waals surface area (Å²) in [5, 5.41) is 3.17. The van der Waals surface area contributed by atoms with E-state index >= 15 is 0 Å². The molecule has 0 bridgehead atoms. The number of carbonyl (C=O) groups excluding carboxylic acids is 1. The number of terminal acetylenes is 1. The molecule has 0 aromatic rings. The van der Waals surface area contributed by atoms with Crippen molar-refractivity contribution in [1.29, 1.82) is 0 Å². The second-order valence-corrected chi connectivity index (χ2v) is 6.06. The van der Waals surface area contributed by atoms with Crippen molar-refractivity contribution in [3.8, 4) is 12.3 Å². The molecule has 1 heterocycles. The molecule has 2 fully saturated rings. The fourth-order valence-electron chi connectivity index (χ4n) is 3.27. The zero-order chi connectivity index (χ0) is 14.4. The average molecular weight is 278 g/mol. The van der Waals surface area contributed by atoms with Crippen molar-refractivity contribution in [1.82, 2.24) is 10.2 Å². The fraction of sp³-hybridized carbons (Fsp3) is 0.812. The normalized spacial score (nSPS) is 26.1. The van der Waals surface area contributed by atoms with Gasteiger partial charge in [-0.2, -0.15) is 0 Å². The number of nitrogens with zero attached hydrogens (tertiary/aromatic N) is 1. The van der Waals surface area contributed by atoms with Crippen LogP contribution in [0.15, 0.2) is 0 Å². The molecule has 0 spiro atoms. The van der Waals surface area contributed by atoms with E-state index in [-0.39, 0.29) is 17.4 Å². The lowest BCUT2D eigenvalue weighted by molar-refractivity contribution is -0.126. The lowest BCUT2D eigenvalue weighted by Crippen LogP contribution is -2.51. The van der Waals surface area contributed by atoms with Crippen molar-refractivity contribution in [3.05, 3.63) is 0 Å². The number of ether oxygens (including phenoxy) is 1. The van der Waals surface area contributed by atoms with E-state index in [0.717, 1.165) is 58.3 Å². The van der Waals surface area contributed by atoms with E-state index < -0.39 is 0 Å². The second-order valence-electron chi connectivity index (χ2n) is 6.06. The van der Waals surface area contributed by atoms with Gasteiger partial charge in [0.1, 0.15) is 5.54 Å². The Bertz CT molecular complexity index is 369. The predicted octanol–water partition coefficient (Wildman–Crippen LogP) is 1.41. The quantitative estimate of drug-likeness (QED) is 0.773. The van der Waals surface area contributed by atoms with E-state index in [9.17, 15) is 4.79 Å². The first-order chi connectivity index (χ1) is 9.69. The Balaban J connectivity index is 1.84. The van der Waals surface area contributed by atoms with Gasteiger partial charge < -0.3 is 15.0 Å². The maximum Gasteiger partial charge on any atom is 0.225 e. The molecule has 1 aliphatic carbocycles. The van der Waals surface area contributed by atoms with Crippen LogP contribution in [0.4, 0.5) is 0 Å². The summed E-state index contributed by atoms with van der Waals surface area (Å²) >= 11 is 0. The van der Waals surface area contributed by atoms with Crippen molar-refractivity contribution >= 4 is 5.91 Å². The van der Waals surface area contributed by atoms with Crippen LogP contribution in [-0.4, -0.2) is 49.7 Å². The topological polar surface area (TPSA) is 41.6 Å². The highest BCUT2D eigenvalue weighted by molar-refractivity contribution is 5.80. The fourth-order valence-corrected chi connectivity index (χ4v) is 3.27. The van der Waals surface area contributed by atoms with Crippen LogP contribution in [0, 0.1) is 18.3 Å². The molecule has 4 nitrogen and oxygen atoms in total. The molecule has 2 aliphatic rings. The molecule has 0 unspecified atom stereocenters. The minimum atomic E-state index is -0.380. The Morgan fingerprint density at radius 3 is 2.85 bits per heavy atom. The van der Waals surface area contributed by atoms with Crippen LogP contribution in [0.2, 0.25) is 0 Å². The molecule has 1 aliphatic heterocycles. The summed E-state index contributed by atoms with van der Waals surface area (Å²) < 4.78 is 5.09. The third kappa shape index (κ3) is 3.74. The summed E-state index contributed by atoms with van der Waals surface area (Å²) in [5.74, 6) is 3.08. The van der Waals surface area contributed by atoms with Crippen LogP contribution in [0.25, 0.3) is 0 Å². The molecule has 1 saturated carbocycles. The van der Waals surface area contributed by atoms with Crippen LogP contribution >= 0.6 is 0 Å². The number of hydrogen-bond donors (Lipinski definition) is 1. The van der Waals surface area contributed by atoms with E-state index in [0.29, 0.717) is 0 Å². The van der Waals surface area contributed by atoms with Crippen LogP contribution in [0.5, 0.6) is 0 Å². The second kappa shape index (κ2) is 7.10. The summed E-state index contributed by atoms with van der Waals surface area (Å²) in [5.41, 5.74) is -0.380. The minimum absolute atomic E-state index is 0.0824. The van der Waals surface area contributed by atoms with E-state index in [1.54, 1.807) is 7.11 Å². The van der Waals surface area contributed by atoms with Crippen LogP contribution in [0.3, 0.4) is 0 Å². The summed E-state index contributed by atoms with van der Waals surface area (Å²) in [6.45, 7) is 3.43. The largest absolute Gasteiger partial charge is 0.383 e. The Morgan fingerprint density at radius 2 is 2.20 bits per heavy atom. The Kier molecular flexibility index (Phi) is 5.45. The van der Waals surface area contributed by atoms with Crippen LogP contribution in [0.1, 0.15) is 38.5 Å². The lowest BCUT2D eigenvalue weighted by atomic mass is 9.82. The molecule has 1 amide bonds. The number of methoxy groups -OCH3 is 1. The van der Waals surface area contributed by atoms with Crippen LogP contribution in [-0.2, 0) is 9.53 Å². The average Bonchev–Trinajstić information content (AvgIpc) is 2.95. The van der Waals surface area contributed by atoms with Crippen molar-refractivity contribution in [2.75, 3.05) is 33.4 Å². The number of hydrogen-bond acceptors (Lipinski definition) is 3. The maximum absolute atomic E-state index is 12.4. The summed E-state index contributed by atoms with van der Waals surface area (Å²) in [6, 6.07) is 0. The third-order valence-corrected chi connectivity index (χ3v) is 4.60. The molecule has 20 heavy (non-hydrogen) atoms. The molecule has 1 atom stereocenters. The number of rotatable bonds is 5. The highest BCUT2D eigenvalue weighted by Crippen LogP contribution is 2.28. The summed E-state index contributed by atoms with van der Waals surface area (Å²) in [4.78, 5) is 14.7. The molecule has 0 aromatic carbocycles. The Hall–Kier alpha value is -1.05. The highest BCUT2D eigenvalue weighted by atomic mass is 16.5. The molecule has 4 heteroatoms. The Morgan fingerprint density at radius 1 is 1.45 bits per heavy atom. The van der Waals surface area contributed by atoms with E-state index in [2.05, 4.69) is 16.1 Å². The lowest BCUT2D eigenvalue weighted by Gasteiger charge is -2.34. The van der Waals surface area contributed by atoms with Gasteiger partial charge in [0.2, 0.25) is 5.91 Å². The zero-order valence-electron chi connectivity index (χ0n) is 12.5. The summed E-state index contributed by atoms with van der Waals surface area (Å²) in [7, 11) is 1.71. The van der Waals surface area contributed by atoms with Gasteiger partial charge >= 0.3 is 0 Å². The molecular weight excluding hydrogens is 252 g/mol. The van der Waals surface area contributed by atoms with Gasteiger partial charge in [-0.3, -0.25) is 4.79 Å². The number of carbonyl (C=O) groups is 1. The smallest absolute Gasteiger partial charge is 0.225 e. The molecular formula is C16H26N2O2. The number of nitrogens with one attached hydrogen (secondary N) is 1. The van der Waals surface area contributed by atoms with Gasteiger partial charge in [-0.05, 0) is 25.8 Å². The third-order valence-electron chi connectivity index (χ3n) is 4.60. The Labute approximate surface area is 122 Å². The first kappa shape index (κ1) is 15.3. The zero-order valence-corrected chi connectivity index (χ0v) is 12.5. The predicted molar refractivity (Wildman–Crippen MR) is 79.2 cm³/mol. The van der Waals surface area contributed by atoms with Gasteiger partial charge in [-0.25, -0.2) is 0 Å². The van der Waals surface area contributed by atoms with Gasteiger partial charge in [-0.1, -0.05) is 25.2 Å². The molecule has 0 radical (unpaired) electrons. The van der Waals surface area contributed by atoms with Crippen molar-refractivity contribution in [2.45, 2.75) is 44.1 Å². The number of amides is 1. The van der Waals surface area contributed by atoms with Crippen molar-refractivity contribution in [2.24, 2.45) is 5.92 Å². The first-order valence-electron chi connectivity index (χ1n) is 7.70. The SMILES string of the molecule is C#CC1(NC(=O)[C@@H]2CCN(CCOC)C2)CCCCC1. The van der Waals surface area contributed by atoms with Gasteiger partial charge in [0.15, 0.2) is 0 Å². The molecule has 112 valence electrons. The van der Waals surface area contributed by atoms with Gasteiger partial charge in [0, 0.05) is 20.2 Å². The molecule has 1 saturated heterocycles. The monoisotopic (exact) mass is 278 g/mol. The van der Waals surface area contributed by atoms with Gasteiger partial charge in [-0.15, -0.1) is 6.42 Å². The van der Waals surface area contributed by atoms with Crippen LogP contribution < -0.4 is 5.32 Å². The molecule has 0 aromatic heterocycles. The number of likely N-dealkylation sites (tertiary alicyclic amines) is 1. The minimum Gasteiger partial charge on any atom is -0.383 e. The molecule has 1 N–H and O–H groups in total. The van der Waals surface area contributed by atoms with Gasteiger partial charge in [0.25, 0.3) is 0 Å². The van der Waals surface area contributed by atoms with Gasteiger partial charge in [0.05, 0.1) is 12.5 Å². The highest BCUT2D eigenvalue weighted by Gasteiger charge is 2.35. The van der Waals surface area contributed by atoms with E-state index in [1.165, 1.54) is 6.42 Å². The maximum atomic E-state index is 12.4. The van der Waals surface area contributed by atoms with Crippen molar-refractivity contribution < 1.29 is 9.53 Å².